The van der Waals surface area contributed by atoms with Crippen molar-refractivity contribution in [1.82, 2.24) is 10.2 Å². The molecule has 1 aromatic carbocycles. The van der Waals surface area contributed by atoms with E-state index in [0.717, 1.165) is 11.3 Å². The highest BCUT2D eigenvalue weighted by Gasteiger charge is 2.15. The Hall–Kier alpha value is -1.75. The molecule has 0 heterocycles. The number of hydrogen-bond donors (Lipinski definition) is 2. The Balaban J connectivity index is 2.85. The fourth-order valence-corrected chi connectivity index (χ4v) is 2.02. The van der Waals surface area contributed by atoms with Gasteiger partial charge in [0.15, 0.2) is 5.96 Å². The van der Waals surface area contributed by atoms with Crippen molar-refractivity contribution < 1.29 is 4.74 Å². The van der Waals surface area contributed by atoms with Crippen LogP contribution < -0.4 is 15.8 Å². The number of nitrogens with one attached hydrogen (secondary N) is 1. The Bertz CT molecular complexity index is 477. The van der Waals surface area contributed by atoms with Crippen molar-refractivity contribution in [3.05, 3.63) is 29.8 Å². The Labute approximate surface area is 128 Å². The van der Waals surface area contributed by atoms with Crippen molar-refractivity contribution in [3.63, 3.8) is 0 Å². The van der Waals surface area contributed by atoms with Gasteiger partial charge in [0.2, 0.25) is 0 Å². The van der Waals surface area contributed by atoms with Crippen molar-refractivity contribution in [2.45, 2.75) is 32.4 Å². The Morgan fingerprint density at radius 1 is 1.38 bits per heavy atom. The van der Waals surface area contributed by atoms with E-state index in [-0.39, 0.29) is 11.6 Å². The number of hydrogen-bond acceptors (Lipinski definition) is 3. The first kappa shape index (κ1) is 17.3. The number of aliphatic imine (C=N–C) groups is 1. The summed E-state index contributed by atoms with van der Waals surface area (Å²) in [6, 6.07) is 8.20. The smallest absolute Gasteiger partial charge is 0.189 e. The number of likely N-dealkylation sites (N-methyl/N-ethyl adjacent to an activating group) is 1. The summed E-state index contributed by atoms with van der Waals surface area (Å²) in [5, 5.41) is 3.17. The largest absolute Gasteiger partial charge is 0.497 e. The first-order chi connectivity index (χ1) is 9.73. The Kier molecular flexibility index (Phi) is 6.03. The van der Waals surface area contributed by atoms with Crippen LogP contribution in [0.15, 0.2) is 29.3 Å². The third-order valence-electron chi connectivity index (χ3n) is 3.04. The SMILES string of the molecule is COc1cccc(C(CN=C(N)NC(C)(C)C)N(C)C)c1. The monoisotopic (exact) mass is 292 g/mol. The molecule has 118 valence electrons. The van der Waals surface area contributed by atoms with Crippen LogP contribution in [0, 0.1) is 0 Å². The average Bonchev–Trinajstić information content (AvgIpc) is 2.36. The predicted octanol–water partition coefficient (Wildman–Crippen LogP) is 2.00. The average molecular weight is 292 g/mol. The van der Waals surface area contributed by atoms with Gasteiger partial charge in [-0.2, -0.15) is 0 Å². The third kappa shape index (κ3) is 6.04. The normalized spacial score (nSPS) is 14.1. The maximum Gasteiger partial charge on any atom is 0.189 e. The van der Waals surface area contributed by atoms with E-state index in [4.69, 9.17) is 10.5 Å². The summed E-state index contributed by atoms with van der Waals surface area (Å²) in [5.74, 6) is 1.32. The van der Waals surface area contributed by atoms with Gasteiger partial charge in [-0.25, -0.2) is 0 Å². The fraction of sp³-hybridized carbons (Fsp3) is 0.562. The molecule has 3 N–H and O–H groups in total. The third-order valence-corrected chi connectivity index (χ3v) is 3.04. The van der Waals surface area contributed by atoms with E-state index in [2.05, 4.69) is 42.0 Å². The molecule has 0 bridgehead atoms. The van der Waals surface area contributed by atoms with E-state index in [1.807, 2.05) is 32.3 Å². The van der Waals surface area contributed by atoms with Crippen LogP contribution in [0.1, 0.15) is 32.4 Å². The minimum atomic E-state index is -0.0861. The predicted molar refractivity (Wildman–Crippen MR) is 88.8 cm³/mol. The zero-order chi connectivity index (χ0) is 16.0. The van der Waals surface area contributed by atoms with Gasteiger partial charge in [-0.15, -0.1) is 0 Å². The Morgan fingerprint density at radius 2 is 2.05 bits per heavy atom. The highest BCUT2D eigenvalue weighted by atomic mass is 16.5. The van der Waals surface area contributed by atoms with Gasteiger partial charge in [0.25, 0.3) is 0 Å². The quantitative estimate of drug-likeness (QED) is 0.643. The number of methoxy groups -OCH3 is 1. The molecule has 0 radical (unpaired) electrons. The van der Waals surface area contributed by atoms with E-state index >= 15 is 0 Å². The molecule has 0 aliphatic rings. The first-order valence-corrected chi connectivity index (χ1v) is 7.11. The molecule has 1 aromatic rings. The van der Waals surface area contributed by atoms with Gasteiger partial charge in [-0.05, 0) is 52.6 Å². The molecule has 1 atom stereocenters. The van der Waals surface area contributed by atoms with Crippen LogP contribution in [0.4, 0.5) is 0 Å². The summed E-state index contributed by atoms with van der Waals surface area (Å²) >= 11 is 0. The number of ether oxygens (including phenoxy) is 1. The molecule has 0 aliphatic heterocycles. The topological polar surface area (TPSA) is 62.9 Å². The van der Waals surface area contributed by atoms with Crippen molar-refractivity contribution in [3.8, 4) is 5.75 Å². The molecule has 1 unspecified atom stereocenters. The summed E-state index contributed by atoms with van der Waals surface area (Å²) in [6.45, 7) is 6.76. The van der Waals surface area contributed by atoms with Gasteiger partial charge in [0.05, 0.1) is 19.7 Å². The summed E-state index contributed by atoms with van der Waals surface area (Å²) in [5.41, 5.74) is 7.01. The highest BCUT2D eigenvalue weighted by Crippen LogP contribution is 2.22. The number of benzene rings is 1. The fourth-order valence-electron chi connectivity index (χ4n) is 2.02. The van der Waals surface area contributed by atoms with Crippen LogP contribution in [-0.2, 0) is 0 Å². The molecule has 0 fully saturated rings. The van der Waals surface area contributed by atoms with E-state index < -0.39 is 0 Å². The lowest BCUT2D eigenvalue weighted by Gasteiger charge is -2.25. The molecule has 0 saturated carbocycles. The molecule has 21 heavy (non-hydrogen) atoms. The maximum absolute atomic E-state index is 5.94. The van der Waals surface area contributed by atoms with Gasteiger partial charge in [-0.1, -0.05) is 12.1 Å². The van der Waals surface area contributed by atoms with Crippen LogP contribution >= 0.6 is 0 Å². The molecule has 1 rings (SSSR count). The van der Waals surface area contributed by atoms with E-state index in [0.29, 0.717) is 12.5 Å². The van der Waals surface area contributed by atoms with Crippen LogP contribution in [0.3, 0.4) is 0 Å². The second-order valence-electron chi connectivity index (χ2n) is 6.36. The van der Waals surface area contributed by atoms with Crippen LogP contribution in [-0.4, -0.2) is 44.1 Å². The van der Waals surface area contributed by atoms with E-state index in [9.17, 15) is 0 Å². The molecule has 0 aromatic heterocycles. The number of nitrogens with two attached hydrogens (primary N) is 1. The lowest BCUT2D eigenvalue weighted by molar-refractivity contribution is 0.305. The van der Waals surface area contributed by atoms with Gasteiger partial charge < -0.3 is 20.7 Å². The highest BCUT2D eigenvalue weighted by molar-refractivity contribution is 5.78. The molecular formula is C16H28N4O. The van der Waals surface area contributed by atoms with Gasteiger partial charge in [0, 0.05) is 5.54 Å². The molecule has 5 heteroatoms. The van der Waals surface area contributed by atoms with Crippen LogP contribution in [0.25, 0.3) is 0 Å². The Morgan fingerprint density at radius 3 is 2.57 bits per heavy atom. The van der Waals surface area contributed by atoms with Crippen LogP contribution in [0.2, 0.25) is 0 Å². The number of nitrogens with zero attached hydrogens (tertiary/aromatic N) is 2. The number of rotatable bonds is 5. The second kappa shape index (κ2) is 7.31. The first-order valence-electron chi connectivity index (χ1n) is 7.11. The molecule has 0 amide bonds. The summed E-state index contributed by atoms with van der Waals surface area (Å²) in [6.07, 6.45) is 0. The lowest BCUT2D eigenvalue weighted by Crippen LogP contribution is -2.45. The van der Waals surface area contributed by atoms with Crippen molar-refractivity contribution in [2.24, 2.45) is 10.7 Å². The van der Waals surface area contributed by atoms with Gasteiger partial charge >= 0.3 is 0 Å². The van der Waals surface area contributed by atoms with Crippen LogP contribution in [0.5, 0.6) is 5.75 Å². The minimum absolute atomic E-state index is 0.0861. The maximum atomic E-state index is 5.94. The zero-order valence-corrected chi connectivity index (χ0v) is 14.0. The number of guanidine groups is 1. The molecule has 0 saturated heterocycles. The molecule has 5 nitrogen and oxygen atoms in total. The van der Waals surface area contributed by atoms with Gasteiger partial charge in [-0.3, -0.25) is 4.99 Å². The standard InChI is InChI=1S/C16H28N4O/c1-16(2,3)19-15(17)18-11-14(20(4)5)12-8-7-9-13(10-12)21-6/h7-10,14H,11H2,1-6H3,(H3,17,18,19). The van der Waals surface area contributed by atoms with Crippen molar-refractivity contribution in [2.75, 3.05) is 27.7 Å². The molecular weight excluding hydrogens is 264 g/mol. The molecule has 0 aliphatic carbocycles. The van der Waals surface area contributed by atoms with Crippen molar-refractivity contribution in [1.29, 1.82) is 0 Å². The van der Waals surface area contributed by atoms with Crippen molar-refractivity contribution >= 4 is 5.96 Å². The summed E-state index contributed by atoms with van der Waals surface area (Å²) < 4.78 is 5.28. The van der Waals surface area contributed by atoms with E-state index in [1.165, 1.54) is 0 Å². The summed E-state index contributed by atoms with van der Waals surface area (Å²) in [7, 11) is 5.74. The zero-order valence-electron chi connectivity index (χ0n) is 14.0. The minimum Gasteiger partial charge on any atom is -0.497 e. The summed E-state index contributed by atoms with van der Waals surface area (Å²) in [4.78, 5) is 6.59. The van der Waals surface area contributed by atoms with E-state index in [1.54, 1.807) is 7.11 Å². The second-order valence-corrected chi connectivity index (χ2v) is 6.36. The lowest BCUT2D eigenvalue weighted by atomic mass is 10.1. The van der Waals surface area contributed by atoms with Gasteiger partial charge in [0.1, 0.15) is 5.75 Å². The molecule has 0 spiro atoms.